The van der Waals surface area contributed by atoms with E-state index in [4.69, 9.17) is 0 Å². The quantitative estimate of drug-likeness (QED) is 0.671. The van der Waals surface area contributed by atoms with Crippen molar-refractivity contribution in [2.45, 2.75) is 13.0 Å². The molecule has 1 heterocycles. The molecule has 0 fully saturated rings. The number of nitrogens with zero attached hydrogens (tertiary/aromatic N) is 2. The van der Waals surface area contributed by atoms with Gasteiger partial charge in [0, 0.05) is 11.8 Å². The number of aromatic nitrogens is 2. The monoisotopic (exact) mass is 386 g/mol. The summed E-state index contributed by atoms with van der Waals surface area (Å²) in [5.74, 6) is -0.303. The molecule has 0 aliphatic heterocycles. The Balaban J connectivity index is 1.73. The van der Waals surface area contributed by atoms with Gasteiger partial charge in [0.15, 0.2) is 0 Å². The second kappa shape index (κ2) is 7.58. The molecule has 3 rings (SSSR count). The Morgan fingerprint density at radius 2 is 1.74 bits per heavy atom. The summed E-state index contributed by atoms with van der Waals surface area (Å²) in [7, 11) is -3.46. The number of fused-ring (bicyclic) bond motifs is 1. The summed E-state index contributed by atoms with van der Waals surface area (Å²) in [4.78, 5) is 24.2. The maximum Gasteiger partial charge on any atom is 0.229 e. The van der Waals surface area contributed by atoms with Gasteiger partial charge in [-0.3, -0.25) is 19.0 Å². The fourth-order valence-corrected chi connectivity index (χ4v) is 3.22. The molecule has 0 saturated heterocycles. The summed E-state index contributed by atoms with van der Waals surface area (Å²) in [6.07, 6.45) is 2.37. The Morgan fingerprint density at radius 3 is 2.48 bits per heavy atom. The SMILES string of the molecule is CS(=O)(=O)Nc1ccccc1NC(=O)CCn1ncc(=O)c2ccccc21. The van der Waals surface area contributed by atoms with Crippen LogP contribution in [0.5, 0.6) is 0 Å². The maximum absolute atomic E-state index is 12.3. The van der Waals surface area contributed by atoms with E-state index in [0.29, 0.717) is 22.3 Å². The van der Waals surface area contributed by atoms with Crippen molar-refractivity contribution in [3.05, 3.63) is 65.0 Å². The molecule has 2 aromatic carbocycles. The first-order valence-corrected chi connectivity index (χ1v) is 10.0. The van der Waals surface area contributed by atoms with Crippen LogP contribution in [0.3, 0.4) is 0 Å². The summed E-state index contributed by atoms with van der Waals surface area (Å²) >= 11 is 0. The Kier molecular flexibility index (Phi) is 5.22. The van der Waals surface area contributed by atoms with E-state index >= 15 is 0 Å². The van der Waals surface area contributed by atoms with Crippen LogP contribution in [-0.2, 0) is 21.4 Å². The zero-order valence-electron chi connectivity index (χ0n) is 14.5. The Hall–Kier alpha value is -3.20. The first-order chi connectivity index (χ1) is 12.8. The number of aryl methyl sites for hydroxylation is 1. The van der Waals surface area contributed by atoms with Crippen molar-refractivity contribution in [1.82, 2.24) is 9.78 Å². The third-order valence-corrected chi connectivity index (χ3v) is 4.40. The number of hydrogen-bond donors (Lipinski definition) is 2. The third kappa shape index (κ3) is 4.70. The van der Waals surface area contributed by atoms with Crippen molar-refractivity contribution in [2.75, 3.05) is 16.3 Å². The van der Waals surface area contributed by atoms with Crippen LogP contribution >= 0.6 is 0 Å². The fraction of sp³-hybridized carbons (Fsp3) is 0.167. The molecule has 0 saturated carbocycles. The molecule has 0 spiro atoms. The lowest BCUT2D eigenvalue weighted by molar-refractivity contribution is -0.116. The Bertz CT molecular complexity index is 1160. The molecule has 0 radical (unpaired) electrons. The van der Waals surface area contributed by atoms with Crippen molar-refractivity contribution in [2.24, 2.45) is 0 Å². The van der Waals surface area contributed by atoms with Crippen LogP contribution in [0, 0.1) is 0 Å². The first kappa shape index (κ1) is 18.6. The van der Waals surface area contributed by atoms with E-state index in [-0.39, 0.29) is 24.3 Å². The van der Waals surface area contributed by atoms with Crippen LogP contribution < -0.4 is 15.5 Å². The van der Waals surface area contributed by atoms with Gasteiger partial charge in [0.2, 0.25) is 21.4 Å². The molecule has 27 heavy (non-hydrogen) atoms. The number of para-hydroxylation sites is 3. The molecule has 9 heteroatoms. The largest absolute Gasteiger partial charge is 0.324 e. The van der Waals surface area contributed by atoms with Crippen molar-refractivity contribution in [1.29, 1.82) is 0 Å². The number of benzene rings is 2. The summed E-state index contributed by atoms with van der Waals surface area (Å²) in [5.41, 5.74) is 1.13. The van der Waals surface area contributed by atoms with Gasteiger partial charge in [-0.15, -0.1) is 0 Å². The summed E-state index contributed by atoms with van der Waals surface area (Å²) in [5, 5.41) is 7.32. The smallest absolute Gasteiger partial charge is 0.229 e. The average Bonchev–Trinajstić information content (AvgIpc) is 2.62. The van der Waals surface area contributed by atoms with Crippen LogP contribution in [0.4, 0.5) is 11.4 Å². The molecule has 1 amide bonds. The molecule has 0 bridgehead atoms. The zero-order valence-corrected chi connectivity index (χ0v) is 15.4. The molecular weight excluding hydrogens is 368 g/mol. The fourth-order valence-electron chi connectivity index (χ4n) is 2.64. The Morgan fingerprint density at radius 1 is 1.07 bits per heavy atom. The van der Waals surface area contributed by atoms with Crippen LogP contribution in [0.25, 0.3) is 10.9 Å². The van der Waals surface area contributed by atoms with Gasteiger partial charge in [0.25, 0.3) is 0 Å². The van der Waals surface area contributed by atoms with Crippen LogP contribution in [0.2, 0.25) is 0 Å². The first-order valence-electron chi connectivity index (χ1n) is 8.15. The predicted octanol–water partition coefficient (Wildman–Crippen LogP) is 1.80. The van der Waals surface area contributed by atoms with Crippen LogP contribution in [0.15, 0.2) is 59.5 Å². The molecule has 0 atom stereocenters. The molecule has 1 aromatic heterocycles. The van der Waals surface area contributed by atoms with Gasteiger partial charge < -0.3 is 5.32 Å². The predicted molar refractivity (Wildman–Crippen MR) is 104 cm³/mol. The second-order valence-corrected chi connectivity index (χ2v) is 7.72. The van der Waals surface area contributed by atoms with E-state index < -0.39 is 10.0 Å². The standard InChI is InChI=1S/C18H18N4O4S/c1-27(25,26)21-15-8-4-3-7-14(15)20-18(24)10-11-22-16-9-5-2-6-13(16)17(23)12-19-22/h2-9,12,21H,10-11H2,1H3,(H,20,24). The van der Waals surface area contributed by atoms with E-state index in [9.17, 15) is 18.0 Å². The second-order valence-electron chi connectivity index (χ2n) is 5.97. The van der Waals surface area contributed by atoms with Gasteiger partial charge >= 0.3 is 0 Å². The van der Waals surface area contributed by atoms with Gasteiger partial charge in [-0.25, -0.2) is 8.42 Å². The van der Waals surface area contributed by atoms with Crippen molar-refractivity contribution in [3.63, 3.8) is 0 Å². The van der Waals surface area contributed by atoms with Gasteiger partial charge in [-0.2, -0.15) is 5.10 Å². The highest BCUT2D eigenvalue weighted by Gasteiger charge is 2.11. The molecular formula is C18H18N4O4S. The van der Waals surface area contributed by atoms with Gasteiger partial charge in [-0.05, 0) is 24.3 Å². The highest BCUT2D eigenvalue weighted by atomic mass is 32.2. The zero-order chi connectivity index (χ0) is 19.4. The minimum Gasteiger partial charge on any atom is -0.324 e. The summed E-state index contributed by atoms with van der Waals surface area (Å²) in [6.45, 7) is 0.272. The van der Waals surface area contributed by atoms with Gasteiger partial charge in [0.05, 0.1) is 35.9 Å². The van der Waals surface area contributed by atoms with Gasteiger partial charge in [0.1, 0.15) is 0 Å². The van der Waals surface area contributed by atoms with Crippen LogP contribution in [0.1, 0.15) is 6.42 Å². The minimum atomic E-state index is -3.46. The molecule has 140 valence electrons. The van der Waals surface area contributed by atoms with E-state index in [1.54, 1.807) is 53.2 Å². The van der Waals surface area contributed by atoms with Crippen LogP contribution in [-0.4, -0.2) is 30.4 Å². The molecule has 0 aliphatic carbocycles. The highest BCUT2D eigenvalue weighted by molar-refractivity contribution is 7.92. The molecule has 0 unspecified atom stereocenters. The lowest BCUT2D eigenvalue weighted by Gasteiger charge is -2.13. The minimum absolute atomic E-state index is 0.104. The van der Waals surface area contributed by atoms with Crippen molar-refractivity contribution < 1.29 is 13.2 Å². The highest BCUT2D eigenvalue weighted by Crippen LogP contribution is 2.22. The lowest BCUT2D eigenvalue weighted by Crippen LogP contribution is -2.19. The number of amides is 1. The van der Waals surface area contributed by atoms with E-state index in [1.165, 1.54) is 6.20 Å². The van der Waals surface area contributed by atoms with Gasteiger partial charge in [-0.1, -0.05) is 24.3 Å². The number of hydrogen-bond acceptors (Lipinski definition) is 5. The van der Waals surface area contributed by atoms with Crippen molar-refractivity contribution in [3.8, 4) is 0 Å². The number of anilines is 2. The van der Waals surface area contributed by atoms with E-state index in [2.05, 4.69) is 15.1 Å². The topological polar surface area (TPSA) is 110 Å². The number of carbonyl (C=O) groups excluding carboxylic acids is 1. The van der Waals surface area contributed by atoms with E-state index in [0.717, 1.165) is 6.26 Å². The number of carbonyl (C=O) groups is 1. The lowest BCUT2D eigenvalue weighted by atomic mass is 10.2. The van der Waals surface area contributed by atoms with Crippen molar-refractivity contribution >= 4 is 38.2 Å². The molecule has 3 aromatic rings. The summed E-state index contributed by atoms with van der Waals surface area (Å²) in [6, 6.07) is 13.6. The molecule has 2 N–H and O–H groups in total. The molecule has 0 aliphatic rings. The maximum atomic E-state index is 12.3. The third-order valence-electron chi connectivity index (χ3n) is 3.81. The average molecular weight is 386 g/mol. The number of sulfonamides is 1. The number of nitrogens with one attached hydrogen (secondary N) is 2. The summed E-state index contributed by atoms with van der Waals surface area (Å²) < 4.78 is 26.8. The number of rotatable bonds is 6. The van der Waals surface area contributed by atoms with E-state index in [1.807, 2.05) is 0 Å². The normalized spacial score (nSPS) is 11.3. The Labute approximate surface area is 155 Å². The molecule has 8 nitrogen and oxygen atoms in total.